The molecule has 0 bridgehead atoms. The quantitative estimate of drug-likeness (QED) is 0.517. The number of carboxylic acid groups (broad SMARTS) is 1. The maximum Gasteiger partial charge on any atom is 0.506 e. The standard InChI is InChI=1S/C9H12O3/c1-3-5-8(6-4-2)7-12-9(10)11/h3-6H,1,7H2,2H3,(H,10,11)/b6-4-,8-5+. The summed E-state index contributed by atoms with van der Waals surface area (Å²) in [7, 11) is 0. The summed E-state index contributed by atoms with van der Waals surface area (Å²) in [6.45, 7) is 5.40. The second-order valence-electron chi connectivity index (χ2n) is 2.03. The predicted octanol–water partition coefficient (Wildman–Crippen LogP) is 2.37. The van der Waals surface area contributed by atoms with Crippen molar-refractivity contribution in [2.24, 2.45) is 0 Å². The molecule has 0 rings (SSSR count). The summed E-state index contributed by atoms with van der Waals surface area (Å²) < 4.78 is 4.36. The first-order chi connectivity index (χ1) is 5.70. The fourth-order valence-electron chi connectivity index (χ4n) is 0.662. The molecule has 0 aliphatic heterocycles. The van der Waals surface area contributed by atoms with Gasteiger partial charge in [0.05, 0.1) is 0 Å². The lowest BCUT2D eigenvalue weighted by molar-refractivity contribution is 0.100. The number of hydrogen-bond donors (Lipinski definition) is 1. The van der Waals surface area contributed by atoms with Crippen LogP contribution < -0.4 is 0 Å². The van der Waals surface area contributed by atoms with E-state index in [1.54, 1.807) is 24.3 Å². The van der Waals surface area contributed by atoms with E-state index in [9.17, 15) is 4.79 Å². The molecular formula is C9H12O3. The topological polar surface area (TPSA) is 46.5 Å². The average molecular weight is 168 g/mol. The Morgan fingerprint density at radius 3 is 2.75 bits per heavy atom. The monoisotopic (exact) mass is 168 g/mol. The largest absolute Gasteiger partial charge is 0.506 e. The maximum absolute atomic E-state index is 10.0. The molecule has 1 N–H and O–H groups in total. The Kier molecular flexibility index (Phi) is 5.43. The number of carbonyl (C=O) groups is 1. The van der Waals surface area contributed by atoms with Gasteiger partial charge in [0, 0.05) is 0 Å². The summed E-state index contributed by atoms with van der Waals surface area (Å²) in [5.74, 6) is 0. The van der Waals surface area contributed by atoms with Crippen molar-refractivity contribution in [1.29, 1.82) is 0 Å². The van der Waals surface area contributed by atoms with E-state index < -0.39 is 6.16 Å². The molecule has 0 fully saturated rings. The van der Waals surface area contributed by atoms with E-state index >= 15 is 0 Å². The number of hydrogen-bond acceptors (Lipinski definition) is 2. The zero-order valence-corrected chi connectivity index (χ0v) is 6.99. The third-order valence-electron chi connectivity index (χ3n) is 1.07. The van der Waals surface area contributed by atoms with Gasteiger partial charge in [0.15, 0.2) is 0 Å². The lowest BCUT2D eigenvalue weighted by Crippen LogP contribution is -2.02. The van der Waals surface area contributed by atoms with Crippen molar-refractivity contribution >= 4 is 6.16 Å². The molecule has 0 atom stereocenters. The fourth-order valence-corrected chi connectivity index (χ4v) is 0.662. The molecule has 0 amide bonds. The normalized spacial score (nSPS) is 11.6. The van der Waals surface area contributed by atoms with Crippen LogP contribution in [0.3, 0.4) is 0 Å². The van der Waals surface area contributed by atoms with Crippen molar-refractivity contribution in [2.45, 2.75) is 6.92 Å². The molecule has 0 aromatic heterocycles. The zero-order chi connectivity index (χ0) is 9.40. The first kappa shape index (κ1) is 10.5. The lowest BCUT2D eigenvalue weighted by Gasteiger charge is -1.99. The SMILES string of the molecule is C=C/C=C(\C=C/C)COC(=O)O. The number of allylic oxidation sites excluding steroid dienone is 3. The van der Waals surface area contributed by atoms with E-state index in [4.69, 9.17) is 5.11 Å². The smallest absolute Gasteiger partial charge is 0.450 e. The van der Waals surface area contributed by atoms with Gasteiger partial charge in [0.25, 0.3) is 0 Å². The zero-order valence-electron chi connectivity index (χ0n) is 6.99. The molecular weight excluding hydrogens is 156 g/mol. The molecule has 0 heterocycles. The van der Waals surface area contributed by atoms with Gasteiger partial charge < -0.3 is 9.84 Å². The van der Waals surface area contributed by atoms with Crippen molar-refractivity contribution in [3.63, 3.8) is 0 Å². The highest BCUT2D eigenvalue weighted by molar-refractivity contribution is 5.57. The van der Waals surface area contributed by atoms with Gasteiger partial charge in [-0.3, -0.25) is 0 Å². The average Bonchev–Trinajstić information content (AvgIpc) is 2.01. The first-order valence-corrected chi connectivity index (χ1v) is 3.50. The minimum absolute atomic E-state index is 0.0612. The Morgan fingerprint density at radius 1 is 1.67 bits per heavy atom. The van der Waals surface area contributed by atoms with Crippen LogP contribution in [0.4, 0.5) is 4.79 Å². The highest BCUT2D eigenvalue weighted by Gasteiger charge is 1.96. The first-order valence-electron chi connectivity index (χ1n) is 3.50. The molecule has 12 heavy (non-hydrogen) atoms. The second kappa shape index (κ2) is 6.22. The van der Waals surface area contributed by atoms with E-state index in [-0.39, 0.29) is 6.61 Å². The summed E-state index contributed by atoms with van der Waals surface area (Å²) >= 11 is 0. The van der Waals surface area contributed by atoms with Crippen molar-refractivity contribution < 1.29 is 14.6 Å². The predicted molar refractivity (Wildman–Crippen MR) is 47.1 cm³/mol. The molecule has 0 unspecified atom stereocenters. The van der Waals surface area contributed by atoms with Crippen LogP contribution in [0, 0.1) is 0 Å². The summed E-state index contributed by atoms with van der Waals surface area (Å²) in [6, 6.07) is 0. The second-order valence-corrected chi connectivity index (χ2v) is 2.03. The highest BCUT2D eigenvalue weighted by Crippen LogP contribution is 1.98. The van der Waals surface area contributed by atoms with Gasteiger partial charge in [0.1, 0.15) is 6.61 Å². The molecule has 0 aromatic carbocycles. The fraction of sp³-hybridized carbons (Fsp3) is 0.222. The van der Waals surface area contributed by atoms with Crippen LogP contribution in [0.25, 0.3) is 0 Å². The van der Waals surface area contributed by atoms with Gasteiger partial charge in [-0.25, -0.2) is 4.79 Å². The van der Waals surface area contributed by atoms with E-state index in [1.807, 2.05) is 6.92 Å². The Hall–Kier alpha value is -1.51. The number of rotatable bonds is 4. The van der Waals surface area contributed by atoms with Crippen LogP contribution in [0.15, 0.2) is 36.5 Å². The Balaban J connectivity index is 4.05. The van der Waals surface area contributed by atoms with Crippen molar-refractivity contribution in [3.05, 3.63) is 36.5 Å². The van der Waals surface area contributed by atoms with Gasteiger partial charge >= 0.3 is 6.16 Å². The van der Waals surface area contributed by atoms with Crippen molar-refractivity contribution in [2.75, 3.05) is 6.61 Å². The van der Waals surface area contributed by atoms with Crippen LogP contribution in [0.1, 0.15) is 6.92 Å². The minimum Gasteiger partial charge on any atom is -0.450 e. The summed E-state index contributed by atoms with van der Waals surface area (Å²) in [6.07, 6.45) is 5.59. The van der Waals surface area contributed by atoms with Gasteiger partial charge in [-0.2, -0.15) is 0 Å². The van der Waals surface area contributed by atoms with Gasteiger partial charge in [-0.1, -0.05) is 30.9 Å². The number of ether oxygens (including phenoxy) is 1. The molecule has 0 radical (unpaired) electrons. The molecule has 0 spiro atoms. The van der Waals surface area contributed by atoms with Crippen LogP contribution in [0.2, 0.25) is 0 Å². The third-order valence-corrected chi connectivity index (χ3v) is 1.07. The summed E-state index contributed by atoms with van der Waals surface area (Å²) in [5.41, 5.74) is 0.773. The van der Waals surface area contributed by atoms with Crippen LogP contribution >= 0.6 is 0 Å². The van der Waals surface area contributed by atoms with E-state index in [0.717, 1.165) is 5.57 Å². The minimum atomic E-state index is -1.27. The third kappa shape index (κ3) is 5.29. The van der Waals surface area contributed by atoms with Gasteiger partial charge in [-0.15, -0.1) is 0 Å². The van der Waals surface area contributed by atoms with E-state index in [2.05, 4.69) is 11.3 Å². The molecule has 3 nitrogen and oxygen atoms in total. The Morgan fingerprint density at radius 2 is 2.33 bits per heavy atom. The van der Waals surface area contributed by atoms with Gasteiger partial charge in [0.2, 0.25) is 0 Å². The Bertz CT molecular complexity index is 214. The molecule has 0 aliphatic rings. The molecule has 0 saturated heterocycles. The lowest BCUT2D eigenvalue weighted by atomic mass is 10.2. The highest BCUT2D eigenvalue weighted by atomic mass is 16.7. The molecule has 0 aliphatic carbocycles. The van der Waals surface area contributed by atoms with Crippen LogP contribution in [-0.4, -0.2) is 17.9 Å². The summed E-state index contributed by atoms with van der Waals surface area (Å²) in [5, 5.41) is 8.20. The van der Waals surface area contributed by atoms with Crippen LogP contribution in [0.5, 0.6) is 0 Å². The van der Waals surface area contributed by atoms with Gasteiger partial charge in [-0.05, 0) is 12.5 Å². The van der Waals surface area contributed by atoms with Crippen molar-refractivity contribution in [3.8, 4) is 0 Å². The van der Waals surface area contributed by atoms with E-state index in [0.29, 0.717) is 0 Å². The molecule has 3 heteroatoms. The van der Waals surface area contributed by atoms with E-state index in [1.165, 1.54) is 0 Å². The molecule has 0 aromatic rings. The maximum atomic E-state index is 10.0. The summed E-state index contributed by atoms with van der Waals surface area (Å²) in [4.78, 5) is 10.0. The molecule has 66 valence electrons. The van der Waals surface area contributed by atoms with Crippen molar-refractivity contribution in [1.82, 2.24) is 0 Å². The molecule has 0 saturated carbocycles. The van der Waals surface area contributed by atoms with Crippen LogP contribution in [-0.2, 0) is 4.74 Å². The Labute approximate surface area is 71.7 Å².